The molecule has 0 N–H and O–H groups in total. The molecule has 0 fully saturated rings. The van der Waals surface area contributed by atoms with E-state index in [-0.39, 0.29) is 5.83 Å². The zero-order chi connectivity index (χ0) is 11.4. The van der Waals surface area contributed by atoms with Crippen LogP contribution in [0.25, 0.3) is 17.2 Å². The number of nitrogens with zero attached hydrogens (tertiary/aromatic N) is 2. The quantitative estimate of drug-likeness (QED) is 0.764. The SMILES string of the molecule is C/C(F)=C/c1ccc(-c2cncnc2)cc1. The van der Waals surface area contributed by atoms with E-state index in [9.17, 15) is 4.39 Å². The Morgan fingerprint density at radius 1 is 1.06 bits per heavy atom. The van der Waals surface area contributed by atoms with Crippen molar-refractivity contribution >= 4 is 6.08 Å². The van der Waals surface area contributed by atoms with E-state index in [1.54, 1.807) is 12.4 Å². The van der Waals surface area contributed by atoms with Gasteiger partial charge in [0, 0.05) is 18.0 Å². The first-order valence-electron chi connectivity index (χ1n) is 4.95. The molecule has 1 aromatic carbocycles. The van der Waals surface area contributed by atoms with Gasteiger partial charge in [-0.2, -0.15) is 0 Å². The Balaban J connectivity index is 2.30. The molecule has 80 valence electrons. The van der Waals surface area contributed by atoms with E-state index in [2.05, 4.69) is 9.97 Å². The summed E-state index contributed by atoms with van der Waals surface area (Å²) < 4.78 is 12.7. The van der Waals surface area contributed by atoms with Crippen LogP contribution < -0.4 is 0 Å². The third-order valence-corrected chi connectivity index (χ3v) is 2.17. The molecule has 0 saturated carbocycles. The van der Waals surface area contributed by atoms with Crippen molar-refractivity contribution in [3.05, 3.63) is 54.4 Å². The van der Waals surface area contributed by atoms with Gasteiger partial charge in [-0.1, -0.05) is 24.3 Å². The zero-order valence-electron chi connectivity index (χ0n) is 8.89. The average molecular weight is 214 g/mol. The van der Waals surface area contributed by atoms with Crippen molar-refractivity contribution in [1.82, 2.24) is 9.97 Å². The minimum atomic E-state index is -0.198. The molecule has 0 aliphatic carbocycles. The molecule has 0 unspecified atom stereocenters. The number of aromatic nitrogens is 2. The Labute approximate surface area is 93.5 Å². The van der Waals surface area contributed by atoms with Gasteiger partial charge in [-0.05, 0) is 24.1 Å². The first-order valence-corrected chi connectivity index (χ1v) is 4.95. The van der Waals surface area contributed by atoms with E-state index in [4.69, 9.17) is 0 Å². The van der Waals surface area contributed by atoms with Crippen molar-refractivity contribution in [2.24, 2.45) is 0 Å². The molecule has 1 heterocycles. The lowest BCUT2D eigenvalue weighted by molar-refractivity contribution is 0.648. The first-order chi connectivity index (χ1) is 7.75. The lowest BCUT2D eigenvalue weighted by atomic mass is 10.1. The van der Waals surface area contributed by atoms with E-state index in [1.165, 1.54) is 19.3 Å². The van der Waals surface area contributed by atoms with Crippen LogP contribution in [0.15, 0.2) is 48.8 Å². The molecule has 3 heteroatoms. The number of rotatable bonds is 2. The molecular formula is C13H11FN2. The highest BCUT2D eigenvalue weighted by atomic mass is 19.1. The molecule has 0 aliphatic heterocycles. The van der Waals surface area contributed by atoms with Gasteiger partial charge in [0.25, 0.3) is 0 Å². The number of halogens is 1. The molecule has 0 amide bonds. The molecule has 0 aliphatic rings. The molecule has 0 spiro atoms. The summed E-state index contributed by atoms with van der Waals surface area (Å²) in [7, 11) is 0. The average Bonchev–Trinajstić information content (AvgIpc) is 2.30. The summed E-state index contributed by atoms with van der Waals surface area (Å²) in [6, 6.07) is 7.58. The second-order valence-electron chi connectivity index (χ2n) is 3.48. The molecule has 0 saturated heterocycles. The largest absolute Gasteiger partial charge is 0.244 e. The summed E-state index contributed by atoms with van der Waals surface area (Å²) in [4.78, 5) is 7.90. The fraction of sp³-hybridized carbons (Fsp3) is 0.0769. The van der Waals surface area contributed by atoms with E-state index in [0.29, 0.717) is 0 Å². The van der Waals surface area contributed by atoms with Crippen LogP contribution in [-0.4, -0.2) is 9.97 Å². The smallest absolute Gasteiger partial charge is 0.115 e. The Morgan fingerprint density at radius 3 is 2.25 bits per heavy atom. The van der Waals surface area contributed by atoms with Crippen LogP contribution in [0.4, 0.5) is 4.39 Å². The summed E-state index contributed by atoms with van der Waals surface area (Å²) in [5.74, 6) is -0.198. The summed E-state index contributed by atoms with van der Waals surface area (Å²) in [6.45, 7) is 1.43. The number of benzene rings is 1. The van der Waals surface area contributed by atoms with Crippen LogP contribution in [0.2, 0.25) is 0 Å². The van der Waals surface area contributed by atoms with Gasteiger partial charge in [0.2, 0.25) is 0 Å². The van der Waals surface area contributed by atoms with Crippen LogP contribution >= 0.6 is 0 Å². The molecule has 0 atom stereocenters. The van der Waals surface area contributed by atoms with Gasteiger partial charge < -0.3 is 0 Å². The predicted molar refractivity (Wildman–Crippen MR) is 62.2 cm³/mol. The van der Waals surface area contributed by atoms with Crippen molar-refractivity contribution < 1.29 is 4.39 Å². The van der Waals surface area contributed by atoms with Gasteiger partial charge in [0.1, 0.15) is 6.33 Å². The van der Waals surface area contributed by atoms with Crippen LogP contribution in [0.5, 0.6) is 0 Å². The van der Waals surface area contributed by atoms with Crippen LogP contribution in [-0.2, 0) is 0 Å². The molecule has 2 rings (SSSR count). The fourth-order valence-corrected chi connectivity index (χ4v) is 1.45. The van der Waals surface area contributed by atoms with E-state index in [0.717, 1.165) is 16.7 Å². The standard InChI is InChI=1S/C13H11FN2/c1-10(14)6-11-2-4-12(5-3-11)13-7-15-9-16-8-13/h2-9H,1H3/b10-6-. The monoisotopic (exact) mass is 214 g/mol. The minimum Gasteiger partial charge on any atom is -0.244 e. The third-order valence-electron chi connectivity index (χ3n) is 2.17. The summed E-state index contributed by atoms with van der Waals surface area (Å²) >= 11 is 0. The van der Waals surface area contributed by atoms with Gasteiger partial charge in [-0.25, -0.2) is 14.4 Å². The van der Waals surface area contributed by atoms with Gasteiger partial charge >= 0.3 is 0 Å². The Bertz CT molecular complexity index is 485. The van der Waals surface area contributed by atoms with Crippen molar-refractivity contribution in [1.29, 1.82) is 0 Å². The Kier molecular flexibility index (Phi) is 3.05. The second-order valence-corrected chi connectivity index (χ2v) is 3.48. The lowest BCUT2D eigenvalue weighted by Crippen LogP contribution is -1.82. The Hall–Kier alpha value is -2.03. The maximum Gasteiger partial charge on any atom is 0.115 e. The van der Waals surface area contributed by atoms with Gasteiger partial charge in [0.15, 0.2) is 0 Å². The third kappa shape index (κ3) is 2.51. The molecule has 2 nitrogen and oxygen atoms in total. The van der Waals surface area contributed by atoms with Gasteiger partial charge in [-0.15, -0.1) is 0 Å². The van der Waals surface area contributed by atoms with Gasteiger partial charge in [0.05, 0.1) is 5.83 Å². The maximum absolute atomic E-state index is 12.7. The van der Waals surface area contributed by atoms with Crippen molar-refractivity contribution in [3.63, 3.8) is 0 Å². The summed E-state index contributed by atoms with van der Waals surface area (Å²) in [5, 5.41) is 0. The number of allylic oxidation sites excluding steroid dienone is 1. The number of hydrogen-bond acceptors (Lipinski definition) is 2. The number of hydrogen-bond donors (Lipinski definition) is 0. The van der Waals surface area contributed by atoms with Crippen LogP contribution in [0.1, 0.15) is 12.5 Å². The minimum absolute atomic E-state index is 0.198. The molecule has 0 bridgehead atoms. The van der Waals surface area contributed by atoms with E-state index in [1.807, 2.05) is 24.3 Å². The van der Waals surface area contributed by atoms with E-state index >= 15 is 0 Å². The summed E-state index contributed by atoms with van der Waals surface area (Å²) in [5.41, 5.74) is 2.82. The molecule has 0 radical (unpaired) electrons. The lowest BCUT2D eigenvalue weighted by Gasteiger charge is -2.00. The topological polar surface area (TPSA) is 25.8 Å². The fourth-order valence-electron chi connectivity index (χ4n) is 1.45. The molecule has 1 aromatic heterocycles. The zero-order valence-corrected chi connectivity index (χ0v) is 8.89. The van der Waals surface area contributed by atoms with Crippen LogP contribution in [0.3, 0.4) is 0 Å². The molecular weight excluding hydrogens is 203 g/mol. The van der Waals surface area contributed by atoms with Crippen molar-refractivity contribution in [3.8, 4) is 11.1 Å². The highest BCUT2D eigenvalue weighted by Crippen LogP contribution is 2.18. The van der Waals surface area contributed by atoms with Gasteiger partial charge in [-0.3, -0.25) is 0 Å². The van der Waals surface area contributed by atoms with Crippen molar-refractivity contribution in [2.75, 3.05) is 0 Å². The second kappa shape index (κ2) is 4.66. The normalized spacial score (nSPS) is 11.5. The highest BCUT2D eigenvalue weighted by molar-refractivity contribution is 5.64. The Morgan fingerprint density at radius 2 is 1.69 bits per heavy atom. The van der Waals surface area contributed by atoms with E-state index < -0.39 is 0 Å². The molecule has 2 aromatic rings. The first kappa shape index (κ1) is 10.5. The van der Waals surface area contributed by atoms with Crippen molar-refractivity contribution in [2.45, 2.75) is 6.92 Å². The maximum atomic E-state index is 12.7. The predicted octanol–water partition coefficient (Wildman–Crippen LogP) is 3.47. The summed E-state index contributed by atoms with van der Waals surface area (Å²) in [6.07, 6.45) is 6.48. The van der Waals surface area contributed by atoms with Crippen LogP contribution in [0, 0.1) is 0 Å². The molecule has 16 heavy (non-hydrogen) atoms. The highest BCUT2D eigenvalue weighted by Gasteiger charge is 1.97.